The van der Waals surface area contributed by atoms with Crippen LogP contribution >= 0.6 is 0 Å². The van der Waals surface area contributed by atoms with Crippen LogP contribution in [0.5, 0.6) is 0 Å². The Morgan fingerprint density at radius 3 is 2.67 bits per heavy atom. The van der Waals surface area contributed by atoms with E-state index in [4.69, 9.17) is 4.43 Å². The van der Waals surface area contributed by atoms with Gasteiger partial charge in [0.05, 0.1) is 11.0 Å². The third-order valence-electron chi connectivity index (χ3n) is 2.33. The molecule has 0 aliphatic heterocycles. The Hall–Kier alpha value is -1.46. The van der Waals surface area contributed by atoms with Gasteiger partial charge in [-0.2, -0.15) is 0 Å². The number of hydrogen-bond donors (Lipinski definition) is 0. The van der Waals surface area contributed by atoms with Crippen LogP contribution in [0, 0.1) is 10.1 Å². The molecule has 0 spiro atoms. The maximum absolute atomic E-state index is 10.8. The van der Waals surface area contributed by atoms with Crippen LogP contribution < -0.4 is 0 Å². The van der Waals surface area contributed by atoms with Crippen LogP contribution in [0.25, 0.3) is 0 Å². The first-order valence-corrected chi connectivity index (χ1v) is 9.27. The highest BCUT2D eigenvalue weighted by molar-refractivity contribution is 6.69. The number of nitro benzene ring substituents is 1. The molecule has 0 amide bonds. The normalized spacial score (nSPS) is 13.1. The van der Waals surface area contributed by atoms with Crippen molar-refractivity contribution in [2.45, 2.75) is 32.2 Å². The molecule has 1 atom stereocenters. The van der Waals surface area contributed by atoms with E-state index in [1.807, 2.05) is 6.07 Å². The van der Waals surface area contributed by atoms with Crippen LogP contribution in [-0.2, 0) is 4.43 Å². The zero-order valence-electron chi connectivity index (χ0n) is 11.1. The van der Waals surface area contributed by atoms with Gasteiger partial charge >= 0.3 is 0 Å². The molecule has 0 aliphatic carbocycles. The number of hydrogen-bond acceptors (Lipinski definition) is 3. The van der Waals surface area contributed by atoms with Crippen molar-refractivity contribution in [1.82, 2.24) is 0 Å². The molecule has 5 heteroatoms. The summed E-state index contributed by atoms with van der Waals surface area (Å²) in [6.45, 7) is 10.0. The zero-order chi connectivity index (χ0) is 13.8. The van der Waals surface area contributed by atoms with Crippen molar-refractivity contribution in [1.29, 1.82) is 0 Å². The first-order valence-electron chi connectivity index (χ1n) is 5.86. The van der Waals surface area contributed by atoms with E-state index in [1.165, 1.54) is 6.07 Å². The minimum Gasteiger partial charge on any atom is -0.410 e. The van der Waals surface area contributed by atoms with Gasteiger partial charge in [-0.15, -0.1) is 6.58 Å². The Morgan fingerprint density at radius 2 is 2.17 bits per heavy atom. The SMILES string of the molecule is C=CCC(O[Si](C)(C)C)c1cccc([N+](=O)[O-])c1. The van der Waals surface area contributed by atoms with Crippen LogP contribution in [0.3, 0.4) is 0 Å². The molecule has 0 saturated carbocycles. The van der Waals surface area contributed by atoms with Crippen molar-refractivity contribution < 1.29 is 9.35 Å². The lowest BCUT2D eigenvalue weighted by Crippen LogP contribution is -2.27. The van der Waals surface area contributed by atoms with E-state index in [1.54, 1.807) is 18.2 Å². The second kappa shape index (κ2) is 5.93. The third kappa shape index (κ3) is 4.42. The van der Waals surface area contributed by atoms with Crippen LogP contribution in [-0.4, -0.2) is 13.2 Å². The van der Waals surface area contributed by atoms with Gasteiger partial charge in [-0.05, 0) is 31.6 Å². The standard InChI is InChI=1S/C13H19NO3Si/c1-5-7-13(17-18(2,3)4)11-8-6-9-12(10-11)14(15)16/h5-6,8-10,13H,1,7H2,2-4H3. The second-order valence-corrected chi connectivity index (χ2v) is 9.56. The van der Waals surface area contributed by atoms with Crippen LogP contribution in [0.15, 0.2) is 36.9 Å². The fourth-order valence-corrected chi connectivity index (χ4v) is 2.75. The first-order chi connectivity index (χ1) is 8.33. The van der Waals surface area contributed by atoms with E-state index >= 15 is 0 Å². The van der Waals surface area contributed by atoms with Gasteiger partial charge in [-0.3, -0.25) is 10.1 Å². The van der Waals surface area contributed by atoms with Crippen LogP contribution in [0.4, 0.5) is 5.69 Å². The molecule has 1 aromatic rings. The van der Waals surface area contributed by atoms with Gasteiger partial charge in [0.15, 0.2) is 8.32 Å². The molecular weight excluding hydrogens is 246 g/mol. The van der Waals surface area contributed by atoms with Crippen molar-refractivity contribution in [2.24, 2.45) is 0 Å². The number of rotatable bonds is 6. The highest BCUT2D eigenvalue weighted by Crippen LogP contribution is 2.28. The summed E-state index contributed by atoms with van der Waals surface area (Å²) in [6, 6.07) is 6.62. The van der Waals surface area contributed by atoms with Crippen molar-refractivity contribution in [2.75, 3.05) is 0 Å². The monoisotopic (exact) mass is 265 g/mol. The summed E-state index contributed by atoms with van der Waals surface area (Å²) in [7, 11) is -1.70. The van der Waals surface area contributed by atoms with E-state index in [2.05, 4.69) is 26.2 Å². The molecule has 0 bridgehead atoms. The summed E-state index contributed by atoms with van der Waals surface area (Å²) in [4.78, 5) is 10.4. The van der Waals surface area contributed by atoms with Crippen molar-refractivity contribution in [3.05, 3.63) is 52.6 Å². The number of benzene rings is 1. The maximum Gasteiger partial charge on any atom is 0.269 e. The quantitative estimate of drug-likeness (QED) is 0.337. The highest BCUT2D eigenvalue weighted by Gasteiger charge is 2.22. The van der Waals surface area contributed by atoms with Crippen LogP contribution in [0.2, 0.25) is 19.6 Å². The summed E-state index contributed by atoms with van der Waals surface area (Å²) in [5, 5.41) is 10.8. The molecule has 0 fully saturated rings. The van der Waals surface area contributed by atoms with Gasteiger partial charge in [0.2, 0.25) is 0 Å². The van der Waals surface area contributed by atoms with Gasteiger partial charge in [0.1, 0.15) is 0 Å². The van der Waals surface area contributed by atoms with Gasteiger partial charge in [0.25, 0.3) is 5.69 Å². The Bertz CT molecular complexity index is 440. The number of nitrogens with zero attached hydrogens (tertiary/aromatic N) is 1. The smallest absolute Gasteiger partial charge is 0.269 e. The molecule has 0 heterocycles. The number of non-ortho nitro benzene ring substituents is 1. The summed E-state index contributed by atoms with van der Waals surface area (Å²) in [6.07, 6.45) is 2.30. The van der Waals surface area contributed by atoms with Gasteiger partial charge in [0, 0.05) is 12.1 Å². The Morgan fingerprint density at radius 1 is 1.50 bits per heavy atom. The average molecular weight is 265 g/mol. The molecule has 1 rings (SSSR count). The Labute approximate surface area is 109 Å². The summed E-state index contributed by atoms with van der Waals surface area (Å²) >= 11 is 0. The van der Waals surface area contributed by atoms with Gasteiger partial charge in [-0.1, -0.05) is 18.2 Å². The highest BCUT2D eigenvalue weighted by atomic mass is 28.4. The van der Waals surface area contributed by atoms with E-state index in [0.29, 0.717) is 6.42 Å². The van der Waals surface area contributed by atoms with E-state index in [-0.39, 0.29) is 16.7 Å². The Kier molecular flexibility index (Phi) is 4.81. The fourth-order valence-electron chi connectivity index (χ4n) is 1.67. The molecule has 18 heavy (non-hydrogen) atoms. The summed E-state index contributed by atoms with van der Waals surface area (Å²) < 4.78 is 6.04. The molecule has 1 aromatic carbocycles. The predicted molar refractivity (Wildman–Crippen MR) is 75.1 cm³/mol. The fraction of sp³-hybridized carbons (Fsp3) is 0.385. The topological polar surface area (TPSA) is 52.4 Å². The molecule has 0 aromatic heterocycles. The molecule has 0 aliphatic rings. The third-order valence-corrected chi connectivity index (χ3v) is 3.32. The zero-order valence-corrected chi connectivity index (χ0v) is 12.1. The summed E-state index contributed by atoms with van der Waals surface area (Å²) in [5.74, 6) is 0. The molecular formula is C13H19NO3Si. The average Bonchev–Trinajstić information content (AvgIpc) is 2.27. The lowest BCUT2D eigenvalue weighted by molar-refractivity contribution is -0.385. The lowest BCUT2D eigenvalue weighted by atomic mass is 10.1. The van der Waals surface area contributed by atoms with Gasteiger partial charge in [-0.25, -0.2) is 0 Å². The predicted octanol–water partition coefficient (Wildman–Crippen LogP) is 4.06. The molecule has 0 radical (unpaired) electrons. The minimum absolute atomic E-state index is 0.0979. The van der Waals surface area contributed by atoms with Crippen molar-refractivity contribution in [3.63, 3.8) is 0 Å². The molecule has 4 nitrogen and oxygen atoms in total. The number of nitro groups is 1. The maximum atomic E-state index is 10.8. The van der Waals surface area contributed by atoms with E-state index < -0.39 is 8.32 Å². The Balaban J connectivity index is 3.01. The second-order valence-electron chi connectivity index (χ2n) is 5.10. The molecule has 0 saturated heterocycles. The van der Waals surface area contributed by atoms with E-state index in [9.17, 15) is 10.1 Å². The minimum atomic E-state index is -1.70. The van der Waals surface area contributed by atoms with Gasteiger partial charge < -0.3 is 4.43 Å². The summed E-state index contributed by atoms with van der Waals surface area (Å²) in [5.41, 5.74) is 0.937. The van der Waals surface area contributed by atoms with Crippen LogP contribution in [0.1, 0.15) is 18.1 Å². The largest absolute Gasteiger partial charge is 0.410 e. The molecule has 1 unspecified atom stereocenters. The lowest BCUT2D eigenvalue weighted by Gasteiger charge is -2.25. The first kappa shape index (κ1) is 14.6. The van der Waals surface area contributed by atoms with Crippen molar-refractivity contribution >= 4 is 14.0 Å². The molecule has 98 valence electrons. The van der Waals surface area contributed by atoms with E-state index in [0.717, 1.165) is 5.56 Å². The molecule has 0 N–H and O–H groups in total. The van der Waals surface area contributed by atoms with Crippen molar-refractivity contribution in [3.8, 4) is 0 Å².